The van der Waals surface area contributed by atoms with Crippen LogP contribution in [0, 0.1) is 12.8 Å². The van der Waals surface area contributed by atoms with Crippen LogP contribution >= 0.6 is 8.58 Å². The second kappa shape index (κ2) is 11.4. The molecular weight excluding hydrogens is 370 g/mol. The monoisotopic (exact) mass is 398 g/mol. The maximum Gasteiger partial charge on any atom is 1.00 e. The molecule has 1 atom stereocenters. The summed E-state index contributed by atoms with van der Waals surface area (Å²) in [4.78, 5) is 13.0. The maximum absolute atomic E-state index is 13.0. The molecule has 0 fully saturated rings. The third-order valence-corrected chi connectivity index (χ3v) is 5.28. The smallest absolute Gasteiger partial charge is 1.00 e. The van der Waals surface area contributed by atoms with Crippen LogP contribution in [-0.2, 0) is 0 Å². The summed E-state index contributed by atoms with van der Waals surface area (Å²) >= 11 is 0. The van der Waals surface area contributed by atoms with E-state index >= 15 is 0 Å². The second-order valence-corrected chi connectivity index (χ2v) is 7.79. The van der Waals surface area contributed by atoms with Crippen LogP contribution in [0.1, 0.15) is 31.2 Å². The number of methoxy groups -OCH3 is 3. The van der Waals surface area contributed by atoms with E-state index < -0.39 is 0 Å². The maximum atomic E-state index is 13.0. The minimum atomic E-state index is -0.0507. The Morgan fingerprint density at radius 3 is 2.07 bits per heavy atom. The molecule has 1 unspecified atom stereocenters. The van der Waals surface area contributed by atoms with Gasteiger partial charge in [0.2, 0.25) is 0 Å². The van der Waals surface area contributed by atoms with Gasteiger partial charge in [0.05, 0.1) is 27.9 Å². The third-order valence-electron chi connectivity index (χ3n) is 3.97. The second-order valence-electron chi connectivity index (χ2n) is 6.54. The van der Waals surface area contributed by atoms with Gasteiger partial charge in [0.1, 0.15) is 28.6 Å². The zero-order valence-corrected chi connectivity index (χ0v) is 18.7. The number of hydrogen-bond donors (Lipinski definition) is 0. The van der Waals surface area contributed by atoms with Crippen LogP contribution < -0.4 is 43.1 Å². The molecule has 0 radical (unpaired) electrons. The largest absolute Gasteiger partial charge is 1.00 e. The van der Waals surface area contributed by atoms with E-state index in [1.54, 1.807) is 19.2 Å². The van der Waals surface area contributed by atoms with Crippen molar-refractivity contribution in [2.24, 2.45) is 5.92 Å². The molecule has 0 saturated heterocycles. The molecule has 2 aromatic carbocycles. The molecule has 2 rings (SSSR count). The van der Waals surface area contributed by atoms with E-state index in [0.29, 0.717) is 35.3 Å². The molecule has 0 bridgehead atoms. The van der Waals surface area contributed by atoms with E-state index in [4.69, 9.17) is 18.9 Å². The van der Waals surface area contributed by atoms with E-state index in [1.807, 2.05) is 25.1 Å². The van der Waals surface area contributed by atoms with E-state index in [-0.39, 0.29) is 34.4 Å². The molecule has 0 N–H and O–H groups in total. The van der Waals surface area contributed by atoms with Crippen LogP contribution in [0.3, 0.4) is 0 Å². The van der Waals surface area contributed by atoms with Crippen LogP contribution in [0.25, 0.3) is 0 Å². The van der Waals surface area contributed by atoms with Crippen molar-refractivity contribution in [1.29, 1.82) is 0 Å². The number of benzene rings is 2. The Bertz CT molecular complexity index is 789. The minimum absolute atomic E-state index is 0. The van der Waals surface area contributed by atoms with Gasteiger partial charge in [0.25, 0.3) is 0 Å². The van der Waals surface area contributed by atoms with Gasteiger partial charge in [-0.15, -0.1) is 0 Å². The average Bonchev–Trinajstić information content (AvgIpc) is 2.66. The van der Waals surface area contributed by atoms with E-state index in [9.17, 15) is 4.79 Å². The number of hydrogen-bond acceptors (Lipinski definition) is 5. The predicted molar refractivity (Wildman–Crippen MR) is 111 cm³/mol. The molecule has 0 spiro atoms. The van der Waals surface area contributed by atoms with Crippen LogP contribution in [0.15, 0.2) is 30.3 Å². The number of carbonyl (C=O) groups is 1. The zero-order chi connectivity index (χ0) is 20.0. The Labute approximate surface area is 182 Å². The van der Waals surface area contributed by atoms with Gasteiger partial charge >= 0.3 is 18.9 Å². The average molecular weight is 398 g/mol. The molecule has 0 amide bonds. The number of aryl methyl sites for hydroxylation is 1. The van der Waals surface area contributed by atoms with Crippen molar-refractivity contribution in [1.82, 2.24) is 0 Å². The quantitative estimate of drug-likeness (QED) is 0.471. The van der Waals surface area contributed by atoms with E-state index in [0.717, 1.165) is 16.6 Å². The zero-order valence-electron chi connectivity index (χ0n) is 18.7. The molecule has 2 aromatic rings. The summed E-state index contributed by atoms with van der Waals surface area (Å²) in [5.74, 6) is 2.74. The van der Waals surface area contributed by atoms with Crippen molar-refractivity contribution in [3.05, 3.63) is 41.5 Å². The molecule has 0 aliphatic rings. The Hall–Kier alpha value is -1.66. The van der Waals surface area contributed by atoms with Crippen LogP contribution in [0.4, 0.5) is 0 Å². The van der Waals surface area contributed by atoms with Gasteiger partial charge in [-0.3, -0.25) is 4.79 Å². The fraction of sp³-hybridized carbons (Fsp3) is 0.381. The van der Waals surface area contributed by atoms with Crippen molar-refractivity contribution >= 4 is 19.4 Å². The van der Waals surface area contributed by atoms with Crippen LogP contribution in [0.5, 0.6) is 23.0 Å². The van der Waals surface area contributed by atoms with Gasteiger partial charge < -0.3 is 20.4 Å². The first-order valence-corrected chi connectivity index (χ1v) is 9.74. The summed E-state index contributed by atoms with van der Waals surface area (Å²) in [7, 11) is 4.56. The number of rotatable bonds is 9. The first kappa shape index (κ1) is 24.4. The molecule has 0 heterocycles. The molecule has 0 aromatic heterocycles. The fourth-order valence-electron chi connectivity index (χ4n) is 2.54. The first-order chi connectivity index (χ1) is 12.9. The van der Waals surface area contributed by atoms with Crippen LogP contribution in [0.2, 0.25) is 0 Å². The van der Waals surface area contributed by atoms with Crippen LogP contribution in [-0.4, -0.2) is 33.5 Å². The molecular formula is C21H28LiO5P. The van der Waals surface area contributed by atoms with Gasteiger partial charge in [-0.25, -0.2) is 0 Å². The Balaban J connectivity index is 0.00000392. The minimum Gasteiger partial charge on any atom is -1.00 e. The molecule has 0 saturated carbocycles. The summed E-state index contributed by atoms with van der Waals surface area (Å²) in [5.41, 5.74) is 1.40. The van der Waals surface area contributed by atoms with Crippen molar-refractivity contribution in [3.63, 3.8) is 0 Å². The van der Waals surface area contributed by atoms with Crippen molar-refractivity contribution in [2.75, 3.05) is 27.9 Å². The topological polar surface area (TPSA) is 54.0 Å². The van der Waals surface area contributed by atoms with Gasteiger partial charge in [0.15, 0.2) is 5.52 Å². The van der Waals surface area contributed by atoms with Crippen molar-refractivity contribution in [3.8, 4) is 23.0 Å². The first-order valence-electron chi connectivity index (χ1n) is 8.74. The molecule has 0 aliphatic heterocycles. The third kappa shape index (κ3) is 6.17. The summed E-state index contributed by atoms with van der Waals surface area (Å²) in [6.45, 7) is 6.87. The summed E-state index contributed by atoms with van der Waals surface area (Å²) in [6, 6.07) is 9.21. The van der Waals surface area contributed by atoms with Gasteiger partial charge in [0, 0.05) is 12.1 Å². The molecule has 7 heteroatoms. The van der Waals surface area contributed by atoms with E-state index in [2.05, 4.69) is 13.8 Å². The van der Waals surface area contributed by atoms with Gasteiger partial charge in [-0.05, 0) is 44.4 Å². The fourth-order valence-corrected chi connectivity index (χ4v) is 3.60. The van der Waals surface area contributed by atoms with Gasteiger partial charge in [-0.1, -0.05) is 19.9 Å². The Morgan fingerprint density at radius 2 is 1.61 bits per heavy atom. The van der Waals surface area contributed by atoms with E-state index in [1.165, 1.54) is 14.2 Å². The SMILES string of the molecule is COc1cc(OC)c(C(=O)Pc2ccc(OCC(C)C)cc2C)c(OC)c1.[H-].[Li+]. The predicted octanol–water partition coefficient (Wildman–Crippen LogP) is 1.32. The number of carbonyl (C=O) groups excluding carboxylic acids is 1. The molecule has 148 valence electrons. The van der Waals surface area contributed by atoms with Crippen molar-refractivity contribution < 1.29 is 44.0 Å². The normalized spacial score (nSPS) is 10.7. The summed E-state index contributed by atoms with van der Waals surface area (Å²) in [6.07, 6.45) is 0. The van der Waals surface area contributed by atoms with Gasteiger partial charge in [-0.2, -0.15) is 0 Å². The molecule has 0 aliphatic carbocycles. The Kier molecular flexibility index (Phi) is 9.89. The number of ether oxygens (including phenoxy) is 4. The summed E-state index contributed by atoms with van der Waals surface area (Å²) in [5, 5.41) is 0.969. The Morgan fingerprint density at radius 1 is 1.00 bits per heavy atom. The molecule has 28 heavy (non-hydrogen) atoms. The molecule has 5 nitrogen and oxygen atoms in total. The standard InChI is InChI=1S/C21H27O5P.Li.H/c1-13(2)12-26-15-7-8-19(14(3)9-15)27-21(22)20-17(24-5)10-16(23-4)11-18(20)25-6;;/h7-11,13,27H,12H2,1-6H3;;/q;+1;-1. The summed E-state index contributed by atoms with van der Waals surface area (Å²) < 4.78 is 21.8. The van der Waals surface area contributed by atoms with Crippen molar-refractivity contribution in [2.45, 2.75) is 20.8 Å².